The third kappa shape index (κ3) is 4.64. The second-order valence-corrected chi connectivity index (χ2v) is 15.9. The molecule has 0 bridgehead atoms. The van der Waals surface area contributed by atoms with Crippen molar-refractivity contribution < 1.29 is 0 Å². The number of benzene rings is 10. The fourth-order valence-corrected chi connectivity index (χ4v) is 10.3. The number of fused-ring (bicyclic) bond motifs is 17. The van der Waals surface area contributed by atoms with E-state index in [1.165, 1.54) is 119 Å². The summed E-state index contributed by atoms with van der Waals surface area (Å²) in [5, 5.41) is 10.4. The summed E-state index contributed by atoms with van der Waals surface area (Å²) in [4.78, 5) is 0. The second kappa shape index (κ2) is 11.9. The molecule has 0 saturated carbocycles. The molecule has 0 unspecified atom stereocenters. The largest absolute Gasteiger partial charge is 0.135 e. The Hall–Kier alpha value is -6.80. The van der Waals surface area contributed by atoms with Gasteiger partial charge in [0.2, 0.25) is 0 Å². The predicted molar refractivity (Wildman–Crippen MR) is 238 cm³/mol. The van der Waals surface area contributed by atoms with Gasteiger partial charge in [-0.15, -0.1) is 11.3 Å². The highest BCUT2D eigenvalue weighted by molar-refractivity contribution is 7.25. The average Bonchev–Trinajstić information content (AvgIpc) is 3.63. The summed E-state index contributed by atoms with van der Waals surface area (Å²) >= 11 is 1.87. The Kier molecular flexibility index (Phi) is 6.60. The van der Waals surface area contributed by atoms with E-state index in [2.05, 4.69) is 194 Å². The highest BCUT2D eigenvalue weighted by atomic mass is 32.1. The van der Waals surface area contributed by atoms with Crippen LogP contribution in [0.25, 0.3) is 119 Å². The minimum Gasteiger partial charge on any atom is -0.135 e. The van der Waals surface area contributed by atoms with Crippen LogP contribution in [0.1, 0.15) is 0 Å². The molecule has 0 saturated heterocycles. The maximum Gasteiger partial charge on any atom is 0.0355 e. The zero-order valence-corrected chi connectivity index (χ0v) is 30.7. The number of hydrogen-bond acceptors (Lipinski definition) is 1. The lowest BCUT2D eigenvalue weighted by molar-refractivity contribution is 1.51. The lowest BCUT2D eigenvalue weighted by atomic mass is 9.79. The quantitative estimate of drug-likeness (QED) is 0.157. The van der Waals surface area contributed by atoms with Gasteiger partial charge in [-0.1, -0.05) is 158 Å². The van der Waals surface area contributed by atoms with Crippen molar-refractivity contribution in [3.63, 3.8) is 0 Å². The SMILES string of the molecule is c1ccc2c(c1)-c1ccccc1-c1cc(-c3ccc4c5ccccc5c5ccccc5c4c3)ccc1-c1cc(-c3ccc4sc5ccccc5c4c3)ccc1-2. The first-order valence-corrected chi connectivity index (χ1v) is 19.8. The zero-order valence-electron chi connectivity index (χ0n) is 29.9. The predicted octanol–water partition coefficient (Wildman–Crippen LogP) is 15.8. The molecule has 1 aliphatic rings. The lowest BCUT2D eigenvalue weighted by Crippen LogP contribution is -1.98. The summed E-state index contributed by atoms with van der Waals surface area (Å²) < 4.78 is 2.66. The monoisotopic (exact) mass is 712 g/mol. The molecule has 0 amide bonds. The lowest BCUT2D eigenvalue weighted by Gasteiger charge is -2.24. The standard InChI is InChI=1S/C54H32S/c1-3-15-41-37(11-1)39-13-5-7-17-43(39)49-29-33(21-25-45(41)49)34-23-27-47-50(30-34)44-18-8-6-14-40(44)38-12-2-4-16-42(38)46-26-22-35(31-51(46)47)36-24-28-54-52(32-36)48-19-9-10-20-53(48)55-54/h1-32H. The van der Waals surface area contributed by atoms with E-state index in [0.717, 1.165) is 0 Å². The Balaban J connectivity index is 1.10. The van der Waals surface area contributed by atoms with Gasteiger partial charge in [-0.25, -0.2) is 0 Å². The molecule has 0 N–H and O–H groups in total. The third-order valence-electron chi connectivity index (χ3n) is 11.8. The van der Waals surface area contributed by atoms with Crippen LogP contribution in [-0.2, 0) is 0 Å². The molecule has 1 heterocycles. The van der Waals surface area contributed by atoms with Crippen molar-refractivity contribution in [2.75, 3.05) is 0 Å². The molecule has 0 aliphatic heterocycles. The van der Waals surface area contributed by atoms with Crippen LogP contribution in [-0.4, -0.2) is 0 Å². The van der Waals surface area contributed by atoms with Crippen LogP contribution in [0.3, 0.4) is 0 Å². The van der Waals surface area contributed by atoms with Gasteiger partial charge in [0.25, 0.3) is 0 Å². The number of hydrogen-bond donors (Lipinski definition) is 0. The average molecular weight is 713 g/mol. The molecule has 1 aliphatic carbocycles. The summed E-state index contributed by atoms with van der Waals surface area (Å²) in [5.74, 6) is 0. The van der Waals surface area contributed by atoms with Crippen LogP contribution in [0.2, 0.25) is 0 Å². The van der Waals surface area contributed by atoms with Crippen molar-refractivity contribution in [2.24, 2.45) is 0 Å². The van der Waals surface area contributed by atoms with Crippen LogP contribution in [0.4, 0.5) is 0 Å². The van der Waals surface area contributed by atoms with Crippen LogP contribution in [0.15, 0.2) is 194 Å². The smallest absolute Gasteiger partial charge is 0.0355 e. The fourth-order valence-electron chi connectivity index (χ4n) is 9.26. The highest BCUT2D eigenvalue weighted by Gasteiger charge is 2.23. The Labute approximate surface area is 323 Å². The molecular formula is C54H32S. The molecule has 0 atom stereocenters. The van der Waals surface area contributed by atoms with Gasteiger partial charge in [0.05, 0.1) is 0 Å². The van der Waals surface area contributed by atoms with Gasteiger partial charge in [0.15, 0.2) is 0 Å². The van der Waals surface area contributed by atoms with Crippen molar-refractivity contribution in [2.45, 2.75) is 0 Å². The number of rotatable bonds is 2. The van der Waals surface area contributed by atoms with Gasteiger partial charge in [-0.05, 0) is 135 Å². The van der Waals surface area contributed by atoms with E-state index in [0.29, 0.717) is 0 Å². The minimum atomic E-state index is 1.22. The van der Waals surface area contributed by atoms with Crippen molar-refractivity contribution in [3.8, 4) is 66.8 Å². The summed E-state index contributed by atoms with van der Waals surface area (Å²) in [5.41, 5.74) is 15.0. The summed E-state index contributed by atoms with van der Waals surface area (Å²) in [6.45, 7) is 0. The van der Waals surface area contributed by atoms with E-state index < -0.39 is 0 Å². The molecule has 1 heteroatoms. The third-order valence-corrected chi connectivity index (χ3v) is 13.0. The van der Waals surface area contributed by atoms with Crippen molar-refractivity contribution in [1.82, 2.24) is 0 Å². The Morgan fingerprint density at radius 1 is 0.200 bits per heavy atom. The molecule has 0 spiro atoms. The van der Waals surface area contributed by atoms with Gasteiger partial charge >= 0.3 is 0 Å². The Morgan fingerprint density at radius 2 is 0.545 bits per heavy atom. The Morgan fingerprint density at radius 3 is 1.13 bits per heavy atom. The minimum absolute atomic E-state index is 1.22. The topological polar surface area (TPSA) is 0 Å². The van der Waals surface area contributed by atoms with E-state index in [4.69, 9.17) is 0 Å². The van der Waals surface area contributed by atoms with E-state index in [-0.39, 0.29) is 0 Å². The Bertz CT molecular complexity index is 3340. The summed E-state index contributed by atoms with van der Waals surface area (Å²) in [6.07, 6.45) is 0. The first-order valence-electron chi connectivity index (χ1n) is 19.0. The van der Waals surface area contributed by atoms with Gasteiger partial charge in [-0.3, -0.25) is 0 Å². The van der Waals surface area contributed by atoms with Crippen LogP contribution < -0.4 is 0 Å². The number of thiophene rings is 1. The molecule has 11 aromatic rings. The molecule has 10 aromatic carbocycles. The first-order chi connectivity index (χ1) is 27.3. The molecule has 12 rings (SSSR count). The molecule has 1 aromatic heterocycles. The highest BCUT2D eigenvalue weighted by Crippen LogP contribution is 2.50. The molecule has 254 valence electrons. The van der Waals surface area contributed by atoms with Gasteiger partial charge in [0, 0.05) is 20.2 Å². The van der Waals surface area contributed by atoms with Crippen LogP contribution in [0.5, 0.6) is 0 Å². The van der Waals surface area contributed by atoms with E-state index in [1.54, 1.807) is 0 Å². The first kappa shape index (κ1) is 30.6. The molecule has 0 nitrogen and oxygen atoms in total. The summed E-state index contributed by atoms with van der Waals surface area (Å²) in [7, 11) is 0. The maximum absolute atomic E-state index is 2.44. The van der Waals surface area contributed by atoms with Crippen molar-refractivity contribution >= 4 is 63.8 Å². The molecule has 0 radical (unpaired) electrons. The van der Waals surface area contributed by atoms with E-state index in [9.17, 15) is 0 Å². The van der Waals surface area contributed by atoms with Gasteiger partial charge in [-0.2, -0.15) is 0 Å². The van der Waals surface area contributed by atoms with E-state index >= 15 is 0 Å². The van der Waals surface area contributed by atoms with Crippen LogP contribution in [0, 0.1) is 0 Å². The molecular weight excluding hydrogens is 681 g/mol. The van der Waals surface area contributed by atoms with Crippen molar-refractivity contribution in [1.29, 1.82) is 0 Å². The van der Waals surface area contributed by atoms with Crippen LogP contribution >= 0.6 is 11.3 Å². The normalized spacial score (nSPS) is 12.0. The molecule has 0 fully saturated rings. The maximum atomic E-state index is 2.44. The second-order valence-electron chi connectivity index (χ2n) is 14.8. The van der Waals surface area contributed by atoms with Crippen molar-refractivity contribution in [3.05, 3.63) is 194 Å². The van der Waals surface area contributed by atoms with Gasteiger partial charge in [0.1, 0.15) is 0 Å². The zero-order chi connectivity index (χ0) is 36.0. The molecule has 55 heavy (non-hydrogen) atoms. The van der Waals surface area contributed by atoms with Gasteiger partial charge < -0.3 is 0 Å². The fraction of sp³-hybridized carbons (Fsp3) is 0. The van der Waals surface area contributed by atoms with E-state index in [1.807, 2.05) is 11.3 Å². The summed E-state index contributed by atoms with van der Waals surface area (Å²) in [6, 6.07) is 72.6.